The number of nitrogens with zero attached hydrogens (tertiary/aromatic N) is 2. The largest absolute Gasteiger partial charge is 0.385 e. The van der Waals surface area contributed by atoms with Crippen LogP contribution in [0.1, 0.15) is 32.2 Å². The standard InChI is InChI=1S/C23H29N3O2S/c1-6-23(5,28)14-26(11-15(2)3)12-19-24-21(27)20-18(13-29-22(20)25-19)17-10-8-7-9-16(17)4/h6-10,13,15,28H,1,11-12,14H2,2-5H3,(H,24,25,27). The number of hydrogen-bond donors (Lipinski definition) is 2. The third kappa shape index (κ3) is 5.01. The summed E-state index contributed by atoms with van der Waals surface area (Å²) in [7, 11) is 0. The Morgan fingerprint density at radius 1 is 1.34 bits per heavy atom. The van der Waals surface area contributed by atoms with Gasteiger partial charge in [0.05, 0.1) is 17.5 Å². The number of aromatic nitrogens is 2. The number of aryl methyl sites for hydroxylation is 1. The number of aromatic amines is 1. The second-order valence-electron chi connectivity index (χ2n) is 8.28. The molecular weight excluding hydrogens is 382 g/mol. The van der Waals surface area contributed by atoms with Crippen LogP contribution in [-0.2, 0) is 6.54 Å². The van der Waals surface area contributed by atoms with Crippen LogP contribution in [-0.4, -0.2) is 38.7 Å². The SMILES string of the molecule is C=CC(C)(O)CN(Cc1nc2scc(-c3ccccc3C)c2c(=O)[nH]1)CC(C)C. The lowest BCUT2D eigenvalue weighted by Gasteiger charge is -2.30. The van der Waals surface area contributed by atoms with E-state index in [0.29, 0.717) is 30.2 Å². The van der Waals surface area contributed by atoms with Gasteiger partial charge in [0.1, 0.15) is 10.7 Å². The first-order valence-corrected chi connectivity index (χ1v) is 10.7. The molecule has 0 saturated heterocycles. The molecule has 0 radical (unpaired) electrons. The number of thiophene rings is 1. The summed E-state index contributed by atoms with van der Waals surface area (Å²) in [6.45, 7) is 13.4. The quantitative estimate of drug-likeness (QED) is 0.541. The molecule has 1 unspecified atom stereocenters. The number of H-pyrrole nitrogens is 1. The Hall–Kier alpha value is -2.28. The molecule has 1 atom stereocenters. The molecule has 0 saturated carbocycles. The fourth-order valence-corrected chi connectivity index (χ4v) is 4.53. The average Bonchev–Trinajstić information content (AvgIpc) is 3.05. The summed E-state index contributed by atoms with van der Waals surface area (Å²) in [6.07, 6.45) is 1.55. The average molecular weight is 412 g/mol. The van der Waals surface area contributed by atoms with Crippen molar-refractivity contribution < 1.29 is 5.11 Å². The van der Waals surface area contributed by atoms with Crippen LogP contribution in [0.4, 0.5) is 0 Å². The third-order valence-electron chi connectivity index (χ3n) is 4.91. The number of aliphatic hydroxyl groups is 1. The van der Waals surface area contributed by atoms with E-state index < -0.39 is 5.60 Å². The van der Waals surface area contributed by atoms with Gasteiger partial charge in [0, 0.05) is 24.0 Å². The normalized spacial score (nSPS) is 13.9. The van der Waals surface area contributed by atoms with E-state index in [2.05, 4.69) is 30.3 Å². The highest BCUT2D eigenvalue weighted by atomic mass is 32.1. The van der Waals surface area contributed by atoms with E-state index in [1.54, 1.807) is 13.0 Å². The van der Waals surface area contributed by atoms with Crippen molar-refractivity contribution in [3.8, 4) is 11.1 Å². The smallest absolute Gasteiger partial charge is 0.260 e. The van der Waals surface area contributed by atoms with Crippen LogP contribution in [0, 0.1) is 12.8 Å². The molecule has 6 heteroatoms. The van der Waals surface area contributed by atoms with E-state index in [4.69, 9.17) is 4.98 Å². The van der Waals surface area contributed by atoms with Gasteiger partial charge in [-0.3, -0.25) is 9.69 Å². The maximum absolute atomic E-state index is 12.9. The first-order chi connectivity index (χ1) is 13.7. The summed E-state index contributed by atoms with van der Waals surface area (Å²) >= 11 is 1.49. The van der Waals surface area contributed by atoms with Crippen molar-refractivity contribution in [1.29, 1.82) is 0 Å². The highest BCUT2D eigenvalue weighted by Crippen LogP contribution is 2.32. The third-order valence-corrected chi connectivity index (χ3v) is 5.78. The number of benzene rings is 1. The maximum Gasteiger partial charge on any atom is 0.260 e. The van der Waals surface area contributed by atoms with E-state index in [9.17, 15) is 9.90 Å². The summed E-state index contributed by atoms with van der Waals surface area (Å²) in [6, 6.07) is 8.06. The summed E-state index contributed by atoms with van der Waals surface area (Å²) in [5.41, 5.74) is 1.99. The molecular formula is C23H29N3O2S. The minimum absolute atomic E-state index is 0.121. The number of nitrogens with one attached hydrogen (secondary N) is 1. The zero-order chi connectivity index (χ0) is 21.2. The highest BCUT2D eigenvalue weighted by Gasteiger charge is 2.22. The summed E-state index contributed by atoms with van der Waals surface area (Å²) in [4.78, 5) is 23.5. The van der Waals surface area contributed by atoms with Crippen molar-refractivity contribution in [2.45, 2.75) is 39.8 Å². The Morgan fingerprint density at radius 2 is 2.07 bits per heavy atom. The van der Waals surface area contributed by atoms with Gasteiger partial charge in [0.2, 0.25) is 0 Å². The second kappa shape index (κ2) is 8.61. The lowest BCUT2D eigenvalue weighted by Crippen LogP contribution is -2.41. The molecule has 0 aliphatic carbocycles. The van der Waals surface area contributed by atoms with Gasteiger partial charge in [0.25, 0.3) is 5.56 Å². The molecule has 2 N–H and O–H groups in total. The van der Waals surface area contributed by atoms with Gasteiger partial charge in [-0.15, -0.1) is 17.9 Å². The first kappa shape index (κ1) is 21.4. The first-order valence-electron chi connectivity index (χ1n) is 9.85. The fourth-order valence-electron chi connectivity index (χ4n) is 3.57. The molecule has 3 aromatic rings. The zero-order valence-corrected chi connectivity index (χ0v) is 18.3. The molecule has 2 aromatic heterocycles. The molecule has 0 amide bonds. The molecule has 0 aliphatic heterocycles. The van der Waals surface area contributed by atoms with Crippen molar-refractivity contribution in [3.63, 3.8) is 0 Å². The monoisotopic (exact) mass is 411 g/mol. The van der Waals surface area contributed by atoms with Crippen LogP contribution in [0.15, 0.2) is 47.1 Å². The number of fused-ring (bicyclic) bond motifs is 1. The topological polar surface area (TPSA) is 69.2 Å². The van der Waals surface area contributed by atoms with E-state index in [-0.39, 0.29) is 5.56 Å². The van der Waals surface area contributed by atoms with Crippen molar-refractivity contribution in [2.75, 3.05) is 13.1 Å². The Labute approximate surface area is 175 Å². The van der Waals surface area contributed by atoms with Crippen LogP contribution in [0.2, 0.25) is 0 Å². The summed E-state index contributed by atoms with van der Waals surface area (Å²) in [5.74, 6) is 1.03. The van der Waals surface area contributed by atoms with Crippen LogP contribution in [0.5, 0.6) is 0 Å². The predicted octanol–water partition coefficient (Wildman–Crippen LogP) is 4.36. The molecule has 0 spiro atoms. The van der Waals surface area contributed by atoms with Gasteiger partial charge in [-0.25, -0.2) is 4.98 Å². The lowest BCUT2D eigenvalue weighted by atomic mass is 10.0. The summed E-state index contributed by atoms with van der Waals surface area (Å²) < 4.78 is 0. The second-order valence-corrected chi connectivity index (χ2v) is 9.14. The predicted molar refractivity (Wildman–Crippen MR) is 121 cm³/mol. The van der Waals surface area contributed by atoms with Crippen molar-refractivity contribution in [1.82, 2.24) is 14.9 Å². The van der Waals surface area contributed by atoms with E-state index in [1.165, 1.54) is 11.3 Å². The molecule has 0 fully saturated rings. The maximum atomic E-state index is 12.9. The molecule has 154 valence electrons. The van der Waals surface area contributed by atoms with Crippen molar-refractivity contribution >= 4 is 21.6 Å². The van der Waals surface area contributed by atoms with Crippen molar-refractivity contribution in [3.05, 3.63) is 64.0 Å². The van der Waals surface area contributed by atoms with Crippen molar-refractivity contribution in [2.24, 2.45) is 5.92 Å². The van der Waals surface area contributed by atoms with Crippen LogP contribution in [0.3, 0.4) is 0 Å². The molecule has 5 nitrogen and oxygen atoms in total. The highest BCUT2D eigenvalue weighted by molar-refractivity contribution is 7.17. The molecule has 1 aromatic carbocycles. The minimum Gasteiger partial charge on any atom is -0.385 e. The van der Waals surface area contributed by atoms with Gasteiger partial charge < -0.3 is 10.1 Å². The molecule has 0 bridgehead atoms. The number of hydrogen-bond acceptors (Lipinski definition) is 5. The van der Waals surface area contributed by atoms with E-state index in [1.807, 2.05) is 36.6 Å². The number of rotatable bonds is 8. The van der Waals surface area contributed by atoms with E-state index in [0.717, 1.165) is 28.1 Å². The van der Waals surface area contributed by atoms with Crippen LogP contribution < -0.4 is 5.56 Å². The van der Waals surface area contributed by atoms with E-state index >= 15 is 0 Å². The molecule has 2 heterocycles. The van der Waals surface area contributed by atoms with Gasteiger partial charge in [-0.05, 0) is 30.9 Å². The van der Waals surface area contributed by atoms with Gasteiger partial charge >= 0.3 is 0 Å². The minimum atomic E-state index is -1.000. The Kier molecular flexibility index (Phi) is 6.36. The van der Waals surface area contributed by atoms with Crippen LogP contribution >= 0.6 is 11.3 Å². The zero-order valence-electron chi connectivity index (χ0n) is 17.5. The lowest BCUT2D eigenvalue weighted by molar-refractivity contribution is 0.0531. The van der Waals surface area contributed by atoms with Gasteiger partial charge in [0.15, 0.2) is 0 Å². The Balaban J connectivity index is 1.96. The van der Waals surface area contributed by atoms with Gasteiger partial charge in [-0.2, -0.15) is 0 Å². The Morgan fingerprint density at radius 3 is 2.72 bits per heavy atom. The van der Waals surface area contributed by atoms with Crippen LogP contribution in [0.25, 0.3) is 21.3 Å². The Bertz CT molecular complexity index is 1070. The molecule has 29 heavy (non-hydrogen) atoms. The fraction of sp³-hybridized carbons (Fsp3) is 0.391. The molecule has 0 aliphatic rings. The summed E-state index contributed by atoms with van der Waals surface area (Å²) in [5, 5.41) is 13.1. The molecule has 3 rings (SSSR count). The van der Waals surface area contributed by atoms with Gasteiger partial charge in [-0.1, -0.05) is 44.2 Å².